The summed E-state index contributed by atoms with van der Waals surface area (Å²) in [6.45, 7) is 1.24. The average molecular weight is 450 g/mol. The van der Waals surface area contributed by atoms with Crippen LogP contribution in [0.5, 0.6) is 0 Å². The molecule has 0 radical (unpaired) electrons. The molecule has 0 bridgehead atoms. The quantitative estimate of drug-likeness (QED) is 0.341. The lowest BCUT2D eigenvalue weighted by Gasteiger charge is -2.44. The topological polar surface area (TPSA) is 178 Å². The van der Waals surface area contributed by atoms with Gasteiger partial charge in [0, 0.05) is 13.5 Å². The molecular formula is C20H23FN4O7. The molecule has 2 aromatic rings. The Hall–Kier alpha value is -3.32. The van der Waals surface area contributed by atoms with Crippen LogP contribution in [0.25, 0.3) is 0 Å². The van der Waals surface area contributed by atoms with Crippen molar-refractivity contribution in [3.63, 3.8) is 0 Å². The number of hydrogen-bond donors (Lipinski definition) is 6. The number of ether oxygens (including phenoxy) is 1. The lowest BCUT2D eigenvalue weighted by molar-refractivity contribution is -0.227. The number of carbonyl (C=O) groups is 2. The Balaban J connectivity index is 2.02. The minimum absolute atomic E-state index is 0.0525. The number of halogens is 1. The van der Waals surface area contributed by atoms with Gasteiger partial charge in [0.2, 0.25) is 5.91 Å². The highest BCUT2D eigenvalue weighted by molar-refractivity contribution is 5.91. The summed E-state index contributed by atoms with van der Waals surface area (Å²) in [6.07, 6.45) is -8.71. The molecule has 1 aromatic heterocycles. The van der Waals surface area contributed by atoms with Gasteiger partial charge in [-0.05, 0) is 29.8 Å². The fourth-order valence-corrected chi connectivity index (χ4v) is 3.33. The van der Waals surface area contributed by atoms with E-state index in [-0.39, 0.29) is 29.8 Å². The number of anilines is 3. The van der Waals surface area contributed by atoms with Gasteiger partial charge < -0.3 is 41.1 Å². The number of rotatable bonds is 6. The smallest absolute Gasteiger partial charge is 0.335 e. The van der Waals surface area contributed by atoms with E-state index in [1.54, 1.807) is 0 Å². The van der Waals surface area contributed by atoms with Crippen LogP contribution in [-0.4, -0.2) is 67.9 Å². The van der Waals surface area contributed by atoms with Crippen LogP contribution in [-0.2, 0) is 20.9 Å². The highest BCUT2D eigenvalue weighted by atomic mass is 19.1. The summed E-state index contributed by atoms with van der Waals surface area (Å²) < 4.78 is 18.8. The standard InChI is InChI=1S/C20H23FN4O7/c1-9(26)23-12-6-7-13(24-18(12)22)25(8-10-2-4-11(21)5-3-10)19-16(29)14(27)15(28)17(32-19)20(30)31/h2-7,14-17,19,27-29H,8H2,1H3,(H2,22,24)(H,23,26)(H,30,31). The molecular weight excluding hydrogens is 427 g/mol. The van der Waals surface area contributed by atoms with Crippen molar-refractivity contribution in [1.82, 2.24) is 4.98 Å². The average Bonchev–Trinajstić information content (AvgIpc) is 2.73. The first-order valence-corrected chi connectivity index (χ1v) is 9.56. The van der Waals surface area contributed by atoms with Gasteiger partial charge in [0.25, 0.3) is 0 Å². The van der Waals surface area contributed by atoms with E-state index in [2.05, 4.69) is 10.3 Å². The van der Waals surface area contributed by atoms with Crippen LogP contribution >= 0.6 is 0 Å². The summed E-state index contributed by atoms with van der Waals surface area (Å²) >= 11 is 0. The van der Waals surface area contributed by atoms with E-state index in [1.165, 1.54) is 48.2 Å². The van der Waals surface area contributed by atoms with Crippen LogP contribution in [0.1, 0.15) is 12.5 Å². The lowest BCUT2D eigenvalue weighted by atomic mass is 9.97. The molecule has 172 valence electrons. The van der Waals surface area contributed by atoms with E-state index in [4.69, 9.17) is 10.5 Å². The van der Waals surface area contributed by atoms with Gasteiger partial charge in [-0.25, -0.2) is 14.2 Å². The molecule has 1 aliphatic rings. The van der Waals surface area contributed by atoms with E-state index in [1.807, 2.05) is 0 Å². The van der Waals surface area contributed by atoms with Crippen molar-refractivity contribution in [3.05, 3.63) is 47.8 Å². The molecule has 1 saturated heterocycles. The summed E-state index contributed by atoms with van der Waals surface area (Å²) in [4.78, 5) is 28.3. The second kappa shape index (κ2) is 9.44. The molecule has 12 heteroatoms. The Morgan fingerprint density at radius 2 is 1.78 bits per heavy atom. The predicted molar refractivity (Wildman–Crippen MR) is 110 cm³/mol. The Bertz CT molecular complexity index is 990. The van der Waals surface area contributed by atoms with Crippen molar-refractivity contribution >= 4 is 29.2 Å². The van der Waals surface area contributed by atoms with Gasteiger partial charge >= 0.3 is 5.97 Å². The molecule has 5 atom stereocenters. The van der Waals surface area contributed by atoms with Crippen molar-refractivity contribution in [2.75, 3.05) is 16.0 Å². The first kappa shape index (κ1) is 23.3. The van der Waals surface area contributed by atoms with Gasteiger partial charge in [-0.1, -0.05) is 12.1 Å². The number of aliphatic hydroxyl groups excluding tert-OH is 3. The zero-order chi connectivity index (χ0) is 23.6. The van der Waals surface area contributed by atoms with E-state index in [9.17, 15) is 34.4 Å². The summed E-state index contributed by atoms with van der Waals surface area (Å²) in [5.41, 5.74) is 6.69. The molecule has 2 heterocycles. The number of benzene rings is 1. The van der Waals surface area contributed by atoms with E-state index in [0.29, 0.717) is 5.56 Å². The molecule has 3 rings (SSSR count). The van der Waals surface area contributed by atoms with Crippen LogP contribution in [0.2, 0.25) is 0 Å². The number of amides is 1. The largest absolute Gasteiger partial charge is 0.479 e. The fraction of sp³-hybridized carbons (Fsp3) is 0.350. The number of pyridine rings is 1. The first-order valence-electron chi connectivity index (χ1n) is 9.56. The summed E-state index contributed by atoms with van der Waals surface area (Å²) in [6, 6.07) is 8.25. The van der Waals surface area contributed by atoms with Crippen LogP contribution in [0, 0.1) is 5.82 Å². The maximum atomic E-state index is 13.3. The zero-order valence-electron chi connectivity index (χ0n) is 16.9. The number of carboxylic acids is 1. The predicted octanol–water partition coefficient (Wildman–Crippen LogP) is -0.340. The minimum atomic E-state index is -1.87. The number of aliphatic carboxylic acids is 1. The third kappa shape index (κ3) is 4.94. The fourth-order valence-electron chi connectivity index (χ4n) is 3.33. The molecule has 0 saturated carbocycles. The third-order valence-corrected chi connectivity index (χ3v) is 4.92. The third-order valence-electron chi connectivity index (χ3n) is 4.92. The van der Waals surface area contributed by atoms with E-state index >= 15 is 0 Å². The normalized spacial score (nSPS) is 25.2. The number of hydrogen-bond acceptors (Lipinski definition) is 9. The molecule has 1 aliphatic heterocycles. The number of nitrogens with zero attached hydrogens (tertiary/aromatic N) is 2. The van der Waals surface area contributed by atoms with Gasteiger partial charge in [0.15, 0.2) is 12.3 Å². The molecule has 1 fully saturated rings. The molecule has 5 unspecified atom stereocenters. The highest BCUT2D eigenvalue weighted by Crippen LogP contribution is 2.30. The summed E-state index contributed by atoms with van der Waals surface area (Å²) in [5, 5.41) is 42.6. The second-order valence-corrected chi connectivity index (χ2v) is 7.30. The maximum Gasteiger partial charge on any atom is 0.335 e. The minimum Gasteiger partial charge on any atom is -0.479 e. The van der Waals surface area contributed by atoms with Gasteiger partial charge in [-0.15, -0.1) is 0 Å². The van der Waals surface area contributed by atoms with Crippen molar-refractivity contribution < 1.29 is 39.1 Å². The van der Waals surface area contributed by atoms with E-state index < -0.39 is 42.4 Å². The SMILES string of the molecule is CC(=O)Nc1ccc(N(Cc2ccc(F)cc2)C2OC(C(=O)O)C(O)C(O)C2O)nc1N. The Kier molecular flexibility index (Phi) is 6.89. The van der Waals surface area contributed by atoms with Crippen molar-refractivity contribution in [2.24, 2.45) is 0 Å². The van der Waals surface area contributed by atoms with Gasteiger partial charge in [-0.3, -0.25) is 4.79 Å². The van der Waals surface area contributed by atoms with Gasteiger partial charge in [0.05, 0.1) is 5.69 Å². The van der Waals surface area contributed by atoms with Crippen LogP contribution in [0.4, 0.5) is 21.7 Å². The number of nitrogen functional groups attached to an aromatic ring is 1. The van der Waals surface area contributed by atoms with E-state index in [0.717, 1.165) is 0 Å². The summed E-state index contributed by atoms with van der Waals surface area (Å²) in [5.74, 6) is -2.34. The molecule has 1 amide bonds. The number of aliphatic hydroxyl groups is 3. The highest BCUT2D eigenvalue weighted by Gasteiger charge is 2.49. The number of carbonyl (C=O) groups excluding carboxylic acids is 1. The van der Waals surface area contributed by atoms with Crippen LogP contribution in [0.3, 0.4) is 0 Å². The summed E-state index contributed by atoms with van der Waals surface area (Å²) in [7, 11) is 0. The number of nitrogens with two attached hydrogens (primary N) is 1. The second-order valence-electron chi connectivity index (χ2n) is 7.30. The monoisotopic (exact) mass is 450 g/mol. The maximum absolute atomic E-state index is 13.3. The van der Waals surface area contributed by atoms with Crippen LogP contribution in [0.15, 0.2) is 36.4 Å². The molecule has 0 aliphatic carbocycles. The Morgan fingerprint density at radius 1 is 1.12 bits per heavy atom. The number of carboxylic acid groups (broad SMARTS) is 1. The first-order chi connectivity index (χ1) is 15.1. The van der Waals surface area contributed by atoms with Crippen molar-refractivity contribution in [1.29, 1.82) is 0 Å². The molecule has 32 heavy (non-hydrogen) atoms. The zero-order valence-corrected chi connectivity index (χ0v) is 16.9. The Labute approximate surface area is 181 Å². The number of aromatic nitrogens is 1. The Morgan fingerprint density at radius 3 is 2.34 bits per heavy atom. The lowest BCUT2D eigenvalue weighted by Crippen LogP contribution is -2.64. The molecule has 0 spiro atoms. The van der Waals surface area contributed by atoms with Gasteiger partial charge in [-0.2, -0.15) is 0 Å². The van der Waals surface area contributed by atoms with Gasteiger partial charge in [0.1, 0.15) is 35.8 Å². The van der Waals surface area contributed by atoms with Crippen molar-refractivity contribution in [3.8, 4) is 0 Å². The van der Waals surface area contributed by atoms with Crippen LogP contribution < -0.4 is 16.0 Å². The molecule has 7 N–H and O–H groups in total. The number of nitrogens with one attached hydrogen (secondary N) is 1. The molecule has 11 nitrogen and oxygen atoms in total. The van der Waals surface area contributed by atoms with Crippen molar-refractivity contribution in [2.45, 2.75) is 44.1 Å². The molecule has 1 aromatic carbocycles.